The van der Waals surface area contributed by atoms with Gasteiger partial charge in [0.15, 0.2) is 0 Å². The Morgan fingerprint density at radius 1 is 1.00 bits per heavy atom. The second-order valence-corrected chi connectivity index (χ2v) is 6.44. The minimum absolute atomic E-state index is 0.331. The molecule has 1 N–H and O–H groups in total. The van der Waals surface area contributed by atoms with E-state index in [1.807, 2.05) is 30.3 Å². The van der Waals surface area contributed by atoms with Crippen LogP contribution in [0.3, 0.4) is 0 Å². The van der Waals surface area contributed by atoms with Gasteiger partial charge in [-0.3, -0.25) is 19.5 Å². The third-order valence-corrected chi connectivity index (χ3v) is 4.53. The molecular formula is C21H24N4O2. The van der Waals surface area contributed by atoms with Gasteiger partial charge in [-0.2, -0.15) is 0 Å². The predicted molar refractivity (Wildman–Crippen MR) is 105 cm³/mol. The molecule has 0 unspecified atom stereocenters. The van der Waals surface area contributed by atoms with Gasteiger partial charge in [0.1, 0.15) is 0 Å². The fraction of sp³-hybridized carbons (Fsp3) is 0.286. The zero-order valence-electron chi connectivity index (χ0n) is 15.3. The normalized spacial score (nSPS) is 15.0. The third-order valence-electron chi connectivity index (χ3n) is 4.53. The number of amides is 2. The van der Waals surface area contributed by atoms with Crippen molar-refractivity contribution >= 4 is 17.9 Å². The van der Waals surface area contributed by atoms with Gasteiger partial charge in [-0.05, 0) is 23.3 Å². The van der Waals surface area contributed by atoms with E-state index >= 15 is 0 Å². The summed E-state index contributed by atoms with van der Waals surface area (Å²) in [4.78, 5) is 32.2. The summed E-state index contributed by atoms with van der Waals surface area (Å²) in [6.45, 7) is 3.84. The number of pyridine rings is 1. The van der Waals surface area contributed by atoms with E-state index in [0.717, 1.165) is 25.2 Å². The number of carbonyl (C=O) groups excluding carboxylic acids is 2. The molecule has 1 aromatic carbocycles. The van der Waals surface area contributed by atoms with Crippen LogP contribution >= 0.6 is 0 Å². The molecule has 1 saturated heterocycles. The lowest BCUT2D eigenvalue weighted by atomic mass is 10.2. The van der Waals surface area contributed by atoms with Crippen molar-refractivity contribution in [2.24, 2.45) is 0 Å². The minimum Gasteiger partial charge on any atom is -0.344 e. The van der Waals surface area contributed by atoms with E-state index in [-0.39, 0.29) is 0 Å². The third kappa shape index (κ3) is 5.76. The monoisotopic (exact) mass is 364 g/mol. The Balaban J connectivity index is 1.39. The van der Waals surface area contributed by atoms with E-state index in [4.69, 9.17) is 0 Å². The predicted octanol–water partition coefficient (Wildman–Crippen LogP) is 1.56. The lowest BCUT2D eigenvalue weighted by molar-refractivity contribution is -0.147. The minimum atomic E-state index is -0.552. The van der Waals surface area contributed by atoms with Crippen molar-refractivity contribution in [3.63, 3.8) is 0 Å². The van der Waals surface area contributed by atoms with Crippen molar-refractivity contribution in [1.82, 2.24) is 20.1 Å². The maximum Gasteiger partial charge on any atom is 0.311 e. The molecule has 27 heavy (non-hydrogen) atoms. The molecule has 3 rings (SSSR count). The van der Waals surface area contributed by atoms with Gasteiger partial charge in [-0.15, -0.1) is 0 Å². The molecule has 2 amide bonds. The largest absolute Gasteiger partial charge is 0.344 e. The first-order valence-corrected chi connectivity index (χ1v) is 9.12. The van der Waals surface area contributed by atoms with Crippen LogP contribution in [0.4, 0.5) is 0 Å². The number of benzene rings is 1. The van der Waals surface area contributed by atoms with Crippen molar-refractivity contribution in [3.05, 3.63) is 72.1 Å². The van der Waals surface area contributed by atoms with Gasteiger partial charge in [0.2, 0.25) is 0 Å². The first-order chi connectivity index (χ1) is 13.2. The Labute approximate surface area is 159 Å². The summed E-state index contributed by atoms with van der Waals surface area (Å²) in [5.74, 6) is -1.01. The molecule has 2 heterocycles. The Hall–Kier alpha value is -2.99. The van der Waals surface area contributed by atoms with E-state index in [0.29, 0.717) is 19.6 Å². The van der Waals surface area contributed by atoms with Gasteiger partial charge in [0, 0.05) is 51.7 Å². The smallest absolute Gasteiger partial charge is 0.311 e. The molecule has 2 aromatic rings. The van der Waals surface area contributed by atoms with Crippen molar-refractivity contribution in [3.8, 4) is 0 Å². The van der Waals surface area contributed by atoms with Crippen LogP contribution in [0.5, 0.6) is 0 Å². The summed E-state index contributed by atoms with van der Waals surface area (Å²) in [7, 11) is 0. The van der Waals surface area contributed by atoms with Crippen LogP contribution in [-0.2, 0) is 16.1 Å². The van der Waals surface area contributed by atoms with Crippen LogP contribution in [-0.4, -0.2) is 59.3 Å². The quantitative estimate of drug-likeness (QED) is 0.818. The Bertz CT molecular complexity index is 769. The van der Waals surface area contributed by atoms with Gasteiger partial charge in [-0.25, -0.2) is 0 Å². The molecule has 0 bridgehead atoms. The molecule has 0 atom stereocenters. The van der Waals surface area contributed by atoms with Crippen molar-refractivity contribution in [1.29, 1.82) is 0 Å². The fourth-order valence-electron chi connectivity index (χ4n) is 2.94. The lowest BCUT2D eigenvalue weighted by Gasteiger charge is -2.33. The SMILES string of the molecule is O=C(NCc1ccncc1)C(=O)N1CCN(C/C=C/c2ccccc2)CC1. The molecule has 1 aliphatic rings. The highest BCUT2D eigenvalue weighted by Crippen LogP contribution is 2.05. The van der Waals surface area contributed by atoms with Gasteiger partial charge in [0.25, 0.3) is 0 Å². The molecule has 140 valence electrons. The van der Waals surface area contributed by atoms with E-state index in [1.165, 1.54) is 5.56 Å². The molecule has 1 aliphatic heterocycles. The number of piperazine rings is 1. The topological polar surface area (TPSA) is 65.5 Å². The molecule has 0 spiro atoms. The average Bonchev–Trinajstić information content (AvgIpc) is 2.73. The fourth-order valence-corrected chi connectivity index (χ4v) is 2.94. The first-order valence-electron chi connectivity index (χ1n) is 9.12. The Kier molecular flexibility index (Phi) is 6.71. The van der Waals surface area contributed by atoms with Crippen molar-refractivity contribution < 1.29 is 9.59 Å². The molecule has 1 fully saturated rings. The molecule has 0 saturated carbocycles. The van der Waals surface area contributed by atoms with Crippen LogP contribution in [0.25, 0.3) is 6.08 Å². The van der Waals surface area contributed by atoms with Gasteiger partial charge >= 0.3 is 11.8 Å². The number of hydrogen-bond acceptors (Lipinski definition) is 4. The van der Waals surface area contributed by atoms with Crippen molar-refractivity contribution in [2.45, 2.75) is 6.54 Å². The summed E-state index contributed by atoms with van der Waals surface area (Å²) >= 11 is 0. The Morgan fingerprint density at radius 2 is 1.70 bits per heavy atom. The molecule has 6 heteroatoms. The van der Waals surface area contributed by atoms with E-state index in [1.54, 1.807) is 17.3 Å². The van der Waals surface area contributed by atoms with Crippen LogP contribution in [0.15, 0.2) is 60.9 Å². The van der Waals surface area contributed by atoms with Gasteiger partial charge < -0.3 is 10.2 Å². The summed E-state index contributed by atoms with van der Waals surface area (Å²) in [6, 6.07) is 13.8. The highest BCUT2D eigenvalue weighted by Gasteiger charge is 2.25. The summed E-state index contributed by atoms with van der Waals surface area (Å²) in [5.41, 5.74) is 2.10. The highest BCUT2D eigenvalue weighted by molar-refractivity contribution is 6.35. The van der Waals surface area contributed by atoms with E-state index in [9.17, 15) is 9.59 Å². The number of nitrogens with zero attached hydrogens (tertiary/aromatic N) is 3. The summed E-state index contributed by atoms with van der Waals surface area (Å²) in [6.07, 6.45) is 7.56. The molecule has 1 aromatic heterocycles. The van der Waals surface area contributed by atoms with E-state index in [2.05, 4.69) is 39.5 Å². The molecule has 0 aliphatic carbocycles. The number of rotatable bonds is 5. The first kappa shape index (κ1) is 18.8. The van der Waals surface area contributed by atoms with Crippen LogP contribution < -0.4 is 5.32 Å². The Morgan fingerprint density at radius 3 is 2.41 bits per heavy atom. The summed E-state index contributed by atoms with van der Waals surface area (Å²) in [5, 5.41) is 2.68. The number of nitrogens with one attached hydrogen (secondary N) is 1. The maximum atomic E-state index is 12.3. The average molecular weight is 364 g/mol. The number of hydrogen-bond donors (Lipinski definition) is 1. The molecule has 6 nitrogen and oxygen atoms in total. The zero-order valence-corrected chi connectivity index (χ0v) is 15.3. The van der Waals surface area contributed by atoms with Crippen LogP contribution in [0.1, 0.15) is 11.1 Å². The molecular weight excluding hydrogens is 340 g/mol. The highest BCUT2D eigenvalue weighted by atomic mass is 16.2. The van der Waals surface area contributed by atoms with Crippen molar-refractivity contribution in [2.75, 3.05) is 32.7 Å². The standard InChI is InChI=1S/C21H24N4O2/c26-20(23-17-19-8-10-22-11-9-19)21(27)25-15-13-24(14-16-25)12-4-7-18-5-2-1-3-6-18/h1-11H,12-17H2,(H,23,26)/b7-4+. The molecule has 0 radical (unpaired) electrons. The van der Waals surface area contributed by atoms with E-state index < -0.39 is 11.8 Å². The maximum absolute atomic E-state index is 12.3. The van der Waals surface area contributed by atoms with Gasteiger partial charge in [-0.1, -0.05) is 42.5 Å². The van der Waals surface area contributed by atoms with Gasteiger partial charge in [0.05, 0.1) is 0 Å². The van der Waals surface area contributed by atoms with Crippen LogP contribution in [0.2, 0.25) is 0 Å². The number of carbonyl (C=O) groups is 2. The zero-order chi connectivity index (χ0) is 18.9. The van der Waals surface area contributed by atoms with Crippen LogP contribution in [0, 0.1) is 0 Å². The number of aromatic nitrogens is 1. The summed E-state index contributed by atoms with van der Waals surface area (Å²) < 4.78 is 0. The second kappa shape index (κ2) is 9.64. The second-order valence-electron chi connectivity index (χ2n) is 6.44. The lowest BCUT2D eigenvalue weighted by Crippen LogP contribution is -2.52.